The first kappa shape index (κ1) is 35.3. The van der Waals surface area contributed by atoms with E-state index in [1.165, 1.54) is 15.9 Å². The molecular formula is C36H34BrN3O8S. The maximum Gasteiger partial charge on any atom is 0.338 e. The van der Waals surface area contributed by atoms with Crippen molar-refractivity contribution in [3.63, 3.8) is 0 Å². The third-order valence-electron chi connectivity index (χ3n) is 7.32. The summed E-state index contributed by atoms with van der Waals surface area (Å²) in [7, 11) is 0. The van der Waals surface area contributed by atoms with Gasteiger partial charge in [0, 0.05) is 10.2 Å². The minimum atomic E-state index is -0.710. The lowest BCUT2D eigenvalue weighted by molar-refractivity contribution is -0.139. The smallest absolute Gasteiger partial charge is 0.338 e. The fourth-order valence-corrected chi connectivity index (χ4v) is 6.64. The van der Waals surface area contributed by atoms with Crippen molar-refractivity contribution in [2.75, 3.05) is 31.7 Å². The lowest BCUT2D eigenvalue weighted by Crippen LogP contribution is -2.39. The fraction of sp³-hybridized carbons (Fsp3) is 0.250. The molecule has 3 aromatic carbocycles. The molecule has 1 aliphatic heterocycles. The topological polar surface area (TPSA) is 135 Å². The van der Waals surface area contributed by atoms with Gasteiger partial charge in [0.25, 0.3) is 11.5 Å². The Labute approximate surface area is 294 Å². The number of rotatable bonds is 12. The number of nitrogens with zero attached hydrogens (tertiary/aromatic N) is 2. The van der Waals surface area contributed by atoms with Crippen molar-refractivity contribution < 1.29 is 33.3 Å². The summed E-state index contributed by atoms with van der Waals surface area (Å²) in [4.78, 5) is 56.8. The molecule has 13 heteroatoms. The summed E-state index contributed by atoms with van der Waals surface area (Å²) >= 11 is 4.79. The van der Waals surface area contributed by atoms with Gasteiger partial charge in [0.2, 0.25) is 0 Å². The predicted molar refractivity (Wildman–Crippen MR) is 189 cm³/mol. The second kappa shape index (κ2) is 15.9. The van der Waals surface area contributed by atoms with Gasteiger partial charge < -0.3 is 24.3 Å². The molecule has 1 amide bonds. The monoisotopic (exact) mass is 747 g/mol. The molecule has 1 N–H and O–H groups in total. The van der Waals surface area contributed by atoms with E-state index in [1.807, 2.05) is 37.3 Å². The number of anilines is 1. The van der Waals surface area contributed by atoms with Crippen molar-refractivity contribution in [2.45, 2.75) is 33.7 Å². The minimum Gasteiger partial charge on any atom is -0.490 e. The lowest BCUT2D eigenvalue weighted by atomic mass is 9.96. The highest BCUT2D eigenvalue weighted by molar-refractivity contribution is 9.10. The highest BCUT2D eigenvalue weighted by atomic mass is 79.9. The first-order valence-electron chi connectivity index (χ1n) is 15.6. The second-order valence-corrected chi connectivity index (χ2v) is 12.5. The first-order valence-corrected chi connectivity index (χ1v) is 17.2. The molecule has 4 aromatic rings. The summed E-state index contributed by atoms with van der Waals surface area (Å²) < 4.78 is 24.5. The van der Waals surface area contributed by atoms with Gasteiger partial charge in [-0.1, -0.05) is 57.6 Å². The molecule has 11 nitrogen and oxygen atoms in total. The number of hydrogen-bond acceptors (Lipinski definition) is 10. The molecular weight excluding hydrogens is 714 g/mol. The van der Waals surface area contributed by atoms with Gasteiger partial charge in [-0.3, -0.25) is 14.2 Å². The zero-order chi connectivity index (χ0) is 35.1. The van der Waals surface area contributed by atoms with Crippen molar-refractivity contribution in [1.29, 1.82) is 0 Å². The lowest BCUT2D eigenvalue weighted by Gasteiger charge is -2.24. The number of halogens is 1. The molecule has 0 saturated carbocycles. The average molecular weight is 749 g/mol. The average Bonchev–Trinajstić information content (AvgIpc) is 3.39. The van der Waals surface area contributed by atoms with Crippen LogP contribution in [-0.2, 0) is 19.1 Å². The van der Waals surface area contributed by atoms with E-state index in [9.17, 15) is 19.2 Å². The summed E-state index contributed by atoms with van der Waals surface area (Å²) in [5, 5.41) is 2.73. The van der Waals surface area contributed by atoms with E-state index in [2.05, 4.69) is 26.2 Å². The minimum absolute atomic E-state index is 0.189. The maximum atomic E-state index is 14.0. The third kappa shape index (κ3) is 8.01. The van der Waals surface area contributed by atoms with Crippen LogP contribution in [0.4, 0.5) is 5.69 Å². The summed E-state index contributed by atoms with van der Waals surface area (Å²) in [6.07, 6.45) is 1.72. The quantitative estimate of drug-likeness (QED) is 0.197. The Morgan fingerprint density at radius 2 is 1.59 bits per heavy atom. The molecule has 1 unspecified atom stereocenters. The normalized spacial score (nSPS) is 14.1. The van der Waals surface area contributed by atoms with E-state index in [-0.39, 0.29) is 25.4 Å². The summed E-state index contributed by atoms with van der Waals surface area (Å²) in [5.74, 6) is -0.688. The second-order valence-electron chi connectivity index (χ2n) is 10.6. The van der Waals surface area contributed by atoms with Crippen LogP contribution in [0.1, 0.15) is 55.2 Å². The van der Waals surface area contributed by atoms with E-state index in [0.29, 0.717) is 60.0 Å². The molecule has 1 atom stereocenters. The van der Waals surface area contributed by atoms with Gasteiger partial charge in [-0.25, -0.2) is 14.6 Å². The van der Waals surface area contributed by atoms with Gasteiger partial charge in [-0.2, -0.15) is 0 Å². The van der Waals surface area contributed by atoms with Crippen LogP contribution in [0.3, 0.4) is 0 Å². The Bertz CT molecular complexity index is 2090. The molecule has 0 fully saturated rings. The molecule has 0 radical (unpaired) electrons. The van der Waals surface area contributed by atoms with Crippen LogP contribution in [0, 0.1) is 0 Å². The van der Waals surface area contributed by atoms with Crippen molar-refractivity contribution in [3.05, 3.63) is 119 Å². The number of carbonyl (C=O) groups excluding carboxylic acids is 3. The Morgan fingerprint density at radius 3 is 2.27 bits per heavy atom. The van der Waals surface area contributed by atoms with E-state index in [1.54, 1.807) is 63.2 Å². The summed E-state index contributed by atoms with van der Waals surface area (Å²) in [5.41, 5.74) is 2.73. The number of fused-ring (bicyclic) bond motifs is 1. The van der Waals surface area contributed by atoms with Crippen molar-refractivity contribution in [1.82, 2.24) is 4.57 Å². The molecule has 5 rings (SSSR count). The van der Waals surface area contributed by atoms with Crippen LogP contribution >= 0.6 is 27.3 Å². The largest absolute Gasteiger partial charge is 0.490 e. The Hall–Kier alpha value is -5.01. The van der Waals surface area contributed by atoms with Crippen LogP contribution in [0.15, 0.2) is 92.3 Å². The Kier molecular flexibility index (Phi) is 11.5. The number of amides is 1. The van der Waals surface area contributed by atoms with Crippen molar-refractivity contribution in [2.24, 2.45) is 4.99 Å². The number of benzene rings is 3. The number of thiazole rings is 1. The summed E-state index contributed by atoms with van der Waals surface area (Å²) in [6, 6.07) is 18.3. The Balaban J connectivity index is 1.42. The Morgan fingerprint density at radius 1 is 0.918 bits per heavy atom. The molecule has 0 saturated heterocycles. The fourth-order valence-electron chi connectivity index (χ4n) is 5.17. The van der Waals surface area contributed by atoms with Crippen LogP contribution in [0.5, 0.6) is 11.5 Å². The molecule has 49 heavy (non-hydrogen) atoms. The number of hydrogen-bond donors (Lipinski definition) is 1. The van der Waals surface area contributed by atoms with E-state index in [4.69, 9.17) is 18.9 Å². The predicted octanol–water partition coefficient (Wildman–Crippen LogP) is 5.15. The van der Waals surface area contributed by atoms with Gasteiger partial charge in [0.1, 0.15) is 0 Å². The number of aromatic nitrogens is 1. The van der Waals surface area contributed by atoms with Gasteiger partial charge in [0.05, 0.1) is 47.2 Å². The highest BCUT2D eigenvalue weighted by Gasteiger charge is 2.33. The number of nitrogens with one attached hydrogen (secondary N) is 1. The van der Waals surface area contributed by atoms with Crippen LogP contribution in [0.25, 0.3) is 6.08 Å². The first-order chi connectivity index (χ1) is 23.6. The van der Waals surface area contributed by atoms with Crippen molar-refractivity contribution in [3.8, 4) is 11.5 Å². The van der Waals surface area contributed by atoms with Gasteiger partial charge in [0.15, 0.2) is 22.9 Å². The zero-order valence-electron chi connectivity index (χ0n) is 27.3. The molecule has 254 valence electrons. The highest BCUT2D eigenvalue weighted by Crippen LogP contribution is 2.35. The van der Waals surface area contributed by atoms with Crippen LogP contribution < -0.4 is 29.7 Å². The standard InChI is InChI=1S/C36H34BrN3O8S/c1-5-45-27-17-24(26(37)19-28(27)48-20-30(41)39-25-15-13-23(14-16-25)34(43)46-6-2)18-29-33(42)40-32(22-11-9-8-10-12-22)31(35(44)47-7-3)21(4)38-36(40)49-29/h8-19,32H,5-7,20H2,1-4H3,(H,39,41)/b29-18-. The molecule has 0 bridgehead atoms. The van der Waals surface area contributed by atoms with Gasteiger partial charge >= 0.3 is 11.9 Å². The maximum absolute atomic E-state index is 14.0. The molecule has 1 aliphatic rings. The third-order valence-corrected chi connectivity index (χ3v) is 8.99. The summed E-state index contributed by atoms with van der Waals surface area (Å²) in [6.45, 7) is 7.49. The van der Waals surface area contributed by atoms with Gasteiger partial charge in [-0.05, 0) is 81.3 Å². The molecule has 0 aliphatic carbocycles. The SMILES string of the molecule is CCOC(=O)C1=C(C)N=c2s/c(=C\c3cc(OCC)c(OCC(=O)Nc4ccc(C(=O)OCC)cc4)cc3Br)c(=O)n2C1c1ccccc1. The van der Waals surface area contributed by atoms with Crippen LogP contribution in [-0.4, -0.2) is 48.8 Å². The molecule has 2 heterocycles. The van der Waals surface area contributed by atoms with Gasteiger partial charge in [-0.15, -0.1) is 0 Å². The van der Waals surface area contributed by atoms with Crippen molar-refractivity contribution >= 4 is 56.9 Å². The zero-order valence-corrected chi connectivity index (χ0v) is 29.7. The van der Waals surface area contributed by atoms with Crippen LogP contribution in [0.2, 0.25) is 0 Å². The number of allylic oxidation sites excluding steroid dienone is 1. The molecule has 1 aromatic heterocycles. The van der Waals surface area contributed by atoms with E-state index < -0.39 is 23.9 Å². The van der Waals surface area contributed by atoms with E-state index >= 15 is 0 Å². The van der Waals surface area contributed by atoms with E-state index in [0.717, 1.165) is 5.56 Å². The number of carbonyl (C=O) groups is 3. The molecule has 0 spiro atoms. The number of ether oxygens (including phenoxy) is 4. The number of esters is 2.